The molecule has 0 saturated carbocycles. The zero-order valence-electron chi connectivity index (χ0n) is 11.9. The third-order valence-electron chi connectivity index (χ3n) is 3.01. The lowest BCUT2D eigenvalue weighted by Gasteiger charge is -2.27. The van der Waals surface area contributed by atoms with Gasteiger partial charge in [0.05, 0.1) is 12.0 Å². The molecule has 1 rings (SSSR count). The molecule has 0 fully saturated rings. The smallest absolute Gasteiger partial charge is 0.322 e. The van der Waals surface area contributed by atoms with Gasteiger partial charge >= 0.3 is 5.97 Å². The van der Waals surface area contributed by atoms with Crippen LogP contribution in [-0.4, -0.2) is 44.0 Å². The second-order valence-electron chi connectivity index (χ2n) is 4.72. The number of hydrogen-bond acceptors (Lipinski definition) is 4. The Balaban J connectivity index is 3.16. The van der Waals surface area contributed by atoms with E-state index in [1.54, 1.807) is 13.8 Å². The van der Waals surface area contributed by atoms with Crippen LogP contribution >= 0.6 is 0 Å². The predicted molar refractivity (Wildman–Crippen MR) is 74.2 cm³/mol. The van der Waals surface area contributed by atoms with Crippen LogP contribution in [0.15, 0.2) is 29.2 Å². The summed E-state index contributed by atoms with van der Waals surface area (Å²) in [6.07, 6.45) is 0. The van der Waals surface area contributed by atoms with Crippen molar-refractivity contribution in [2.24, 2.45) is 5.92 Å². The number of methoxy groups -OCH3 is 1. The van der Waals surface area contributed by atoms with Crippen molar-refractivity contribution in [3.8, 4) is 5.75 Å². The quantitative estimate of drug-likeness (QED) is 0.859. The molecule has 20 heavy (non-hydrogen) atoms. The molecule has 1 aromatic carbocycles. The van der Waals surface area contributed by atoms with Gasteiger partial charge in [0.1, 0.15) is 11.8 Å². The molecule has 0 aliphatic rings. The van der Waals surface area contributed by atoms with E-state index in [4.69, 9.17) is 4.74 Å². The van der Waals surface area contributed by atoms with Crippen molar-refractivity contribution in [2.75, 3.05) is 14.2 Å². The lowest BCUT2D eigenvalue weighted by Crippen LogP contribution is -2.45. The Morgan fingerprint density at radius 1 is 1.25 bits per heavy atom. The van der Waals surface area contributed by atoms with Crippen molar-refractivity contribution in [3.63, 3.8) is 0 Å². The minimum atomic E-state index is -3.86. The molecule has 1 atom stereocenters. The van der Waals surface area contributed by atoms with Crippen LogP contribution in [0.1, 0.15) is 13.8 Å². The van der Waals surface area contributed by atoms with Gasteiger partial charge in [-0.25, -0.2) is 8.42 Å². The first-order chi connectivity index (χ1) is 9.21. The average molecular weight is 301 g/mol. The summed E-state index contributed by atoms with van der Waals surface area (Å²) in [5, 5.41) is 9.18. The van der Waals surface area contributed by atoms with Gasteiger partial charge in [-0.2, -0.15) is 4.31 Å². The standard InChI is InChI=1S/C13H19NO5S/c1-9(2)12(13(15)16)14(3)20(17,18)11-7-5-10(19-4)6-8-11/h5-9,12H,1-4H3,(H,15,16)/t12-/m0/s1. The summed E-state index contributed by atoms with van der Waals surface area (Å²) in [5.74, 6) is -0.977. The molecule has 7 heteroatoms. The summed E-state index contributed by atoms with van der Waals surface area (Å²) in [6.45, 7) is 3.33. The third kappa shape index (κ3) is 3.29. The number of benzene rings is 1. The Morgan fingerprint density at radius 2 is 1.75 bits per heavy atom. The van der Waals surface area contributed by atoms with Crippen LogP contribution in [0.25, 0.3) is 0 Å². The molecule has 0 amide bonds. The van der Waals surface area contributed by atoms with Crippen LogP contribution in [0.3, 0.4) is 0 Å². The first kappa shape index (κ1) is 16.5. The average Bonchev–Trinajstić information content (AvgIpc) is 2.37. The second-order valence-corrected chi connectivity index (χ2v) is 6.72. The van der Waals surface area contributed by atoms with Crippen LogP contribution in [0.5, 0.6) is 5.75 Å². The number of sulfonamides is 1. The van der Waals surface area contributed by atoms with Crippen LogP contribution in [0, 0.1) is 5.92 Å². The molecule has 0 heterocycles. The van der Waals surface area contributed by atoms with Crippen molar-refractivity contribution in [1.29, 1.82) is 0 Å². The number of likely N-dealkylation sites (N-methyl/N-ethyl adjacent to an activating group) is 1. The van der Waals surface area contributed by atoms with E-state index < -0.39 is 22.0 Å². The van der Waals surface area contributed by atoms with Crippen LogP contribution in [0.2, 0.25) is 0 Å². The summed E-state index contributed by atoms with van der Waals surface area (Å²) in [5.41, 5.74) is 0. The lowest BCUT2D eigenvalue weighted by atomic mass is 10.1. The molecule has 112 valence electrons. The van der Waals surface area contributed by atoms with E-state index in [0.717, 1.165) is 4.31 Å². The largest absolute Gasteiger partial charge is 0.497 e. The maximum absolute atomic E-state index is 12.4. The van der Waals surface area contributed by atoms with Crippen molar-refractivity contribution >= 4 is 16.0 Å². The van der Waals surface area contributed by atoms with E-state index in [2.05, 4.69) is 0 Å². The van der Waals surface area contributed by atoms with Gasteiger partial charge < -0.3 is 9.84 Å². The Morgan fingerprint density at radius 3 is 2.10 bits per heavy atom. The van der Waals surface area contributed by atoms with Gasteiger partial charge in [-0.05, 0) is 30.2 Å². The van der Waals surface area contributed by atoms with Gasteiger partial charge in [-0.3, -0.25) is 4.79 Å². The summed E-state index contributed by atoms with van der Waals surface area (Å²) < 4.78 is 30.7. The van der Waals surface area contributed by atoms with Crippen molar-refractivity contribution < 1.29 is 23.1 Å². The zero-order chi connectivity index (χ0) is 15.5. The molecular formula is C13H19NO5S. The number of carboxylic acids is 1. The number of nitrogens with zero attached hydrogens (tertiary/aromatic N) is 1. The Bertz CT molecular complexity index is 565. The zero-order valence-corrected chi connectivity index (χ0v) is 12.7. The van der Waals surface area contributed by atoms with Gasteiger partial charge in [0.25, 0.3) is 0 Å². The topological polar surface area (TPSA) is 83.9 Å². The van der Waals surface area contributed by atoms with E-state index in [0.29, 0.717) is 5.75 Å². The van der Waals surface area contributed by atoms with Crippen LogP contribution in [-0.2, 0) is 14.8 Å². The van der Waals surface area contributed by atoms with E-state index in [1.165, 1.54) is 38.4 Å². The molecule has 0 unspecified atom stereocenters. The summed E-state index contributed by atoms with van der Waals surface area (Å²) >= 11 is 0. The van der Waals surface area contributed by atoms with Crippen molar-refractivity contribution in [2.45, 2.75) is 24.8 Å². The minimum Gasteiger partial charge on any atom is -0.497 e. The third-order valence-corrected chi connectivity index (χ3v) is 4.87. The molecule has 0 spiro atoms. The lowest BCUT2D eigenvalue weighted by molar-refractivity contribution is -0.142. The molecule has 0 radical (unpaired) electrons. The van der Waals surface area contributed by atoms with Crippen LogP contribution < -0.4 is 4.74 Å². The minimum absolute atomic E-state index is 0.0349. The molecule has 0 aliphatic heterocycles. The number of aliphatic carboxylic acids is 1. The summed E-state index contributed by atoms with van der Waals surface area (Å²) in [6, 6.07) is 4.72. The monoisotopic (exact) mass is 301 g/mol. The Hall–Kier alpha value is -1.60. The highest BCUT2D eigenvalue weighted by Crippen LogP contribution is 2.22. The Kier molecular flexibility index (Phi) is 5.13. The number of carbonyl (C=O) groups is 1. The highest BCUT2D eigenvalue weighted by molar-refractivity contribution is 7.89. The maximum Gasteiger partial charge on any atom is 0.322 e. The van der Waals surface area contributed by atoms with E-state index in [9.17, 15) is 18.3 Å². The second kappa shape index (κ2) is 6.23. The predicted octanol–water partition coefficient (Wildman–Crippen LogP) is 1.42. The highest BCUT2D eigenvalue weighted by Gasteiger charge is 2.34. The first-order valence-corrected chi connectivity index (χ1v) is 7.50. The maximum atomic E-state index is 12.4. The fourth-order valence-electron chi connectivity index (χ4n) is 1.92. The molecule has 6 nitrogen and oxygen atoms in total. The number of hydrogen-bond donors (Lipinski definition) is 1. The normalized spacial score (nSPS) is 13.5. The van der Waals surface area contributed by atoms with Gasteiger partial charge in [-0.1, -0.05) is 13.8 Å². The van der Waals surface area contributed by atoms with Crippen molar-refractivity contribution in [1.82, 2.24) is 4.31 Å². The Labute approximate surface area is 119 Å². The van der Waals surface area contributed by atoms with Gasteiger partial charge in [-0.15, -0.1) is 0 Å². The number of ether oxygens (including phenoxy) is 1. The molecule has 1 N–H and O–H groups in total. The fourth-order valence-corrected chi connectivity index (χ4v) is 3.37. The van der Waals surface area contributed by atoms with Gasteiger partial charge in [0.15, 0.2) is 0 Å². The molecule has 0 aliphatic carbocycles. The number of rotatable bonds is 6. The van der Waals surface area contributed by atoms with E-state index >= 15 is 0 Å². The first-order valence-electron chi connectivity index (χ1n) is 6.06. The van der Waals surface area contributed by atoms with Crippen molar-refractivity contribution in [3.05, 3.63) is 24.3 Å². The van der Waals surface area contributed by atoms with E-state index in [-0.39, 0.29) is 10.8 Å². The molecule has 0 aromatic heterocycles. The molecule has 0 saturated heterocycles. The fraction of sp³-hybridized carbons (Fsp3) is 0.462. The molecule has 0 bridgehead atoms. The molecular weight excluding hydrogens is 282 g/mol. The highest BCUT2D eigenvalue weighted by atomic mass is 32.2. The SMILES string of the molecule is COc1ccc(S(=O)(=O)N(C)[C@H](C(=O)O)C(C)C)cc1. The van der Waals surface area contributed by atoms with E-state index in [1.807, 2.05) is 0 Å². The van der Waals surface area contributed by atoms with Gasteiger partial charge in [0, 0.05) is 7.05 Å². The number of carboxylic acid groups (broad SMARTS) is 1. The molecule has 1 aromatic rings. The van der Waals surface area contributed by atoms with Crippen LogP contribution in [0.4, 0.5) is 0 Å². The summed E-state index contributed by atoms with van der Waals surface area (Å²) in [4.78, 5) is 11.3. The summed E-state index contributed by atoms with van der Waals surface area (Å²) in [7, 11) is -1.10. The van der Waals surface area contributed by atoms with Gasteiger partial charge in [0.2, 0.25) is 10.0 Å².